The van der Waals surface area contributed by atoms with Gasteiger partial charge in [0.2, 0.25) is 11.9 Å². The van der Waals surface area contributed by atoms with Crippen molar-refractivity contribution in [2.75, 3.05) is 34.4 Å². The first kappa shape index (κ1) is 39.9. The average Bonchev–Trinajstić information content (AvgIpc) is 3.60. The third-order valence-corrected chi connectivity index (χ3v) is 8.45. The molecule has 0 spiro atoms. The molecular weight excluding hydrogens is 760 g/mol. The molecule has 1 fully saturated rings. The van der Waals surface area contributed by atoms with E-state index in [1.165, 1.54) is 6.20 Å². The topological polar surface area (TPSA) is 182 Å². The molecule has 286 valence electrons. The number of rotatable bonds is 5. The molecule has 4 heterocycles. The van der Waals surface area contributed by atoms with Crippen molar-refractivity contribution in [3.8, 4) is 6.07 Å². The maximum Gasteiger partial charge on any atom is 0.458 e. The summed E-state index contributed by atoms with van der Waals surface area (Å²) in [6.45, 7) is 1.00. The molecule has 1 atom stereocenters. The smallest absolute Gasteiger partial charge is 0.339 e. The lowest BCUT2D eigenvalue weighted by molar-refractivity contribution is -0.193. The van der Waals surface area contributed by atoms with Crippen LogP contribution in [-0.2, 0) is 27.2 Å². The fourth-order valence-corrected chi connectivity index (χ4v) is 5.68. The monoisotopic (exact) mass is 787 g/mol. The van der Waals surface area contributed by atoms with Crippen LogP contribution >= 0.6 is 11.6 Å². The number of carbonyl (C=O) groups is 4. The zero-order valence-corrected chi connectivity index (χ0v) is 28.9. The number of urea groups is 1. The molecule has 4 N–H and O–H groups in total. The second-order valence-electron chi connectivity index (χ2n) is 12.2. The summed E-state index contributed by atoms with van der Waals surface area (Å²) < 4.78 is 67.0. The van der Waals surface area contributed by atoms with Crippen molar-refractivity contribution in [2.45, 2.75) is 38.0 Å². The lowest BCUT2D eigenvalue weighted by Crippen LogP contribution is -2.39. The van der Waals surface area contributed by atoms with E-state index in [1.807, 2.05) is 30.5 Å². The normalized spacial score (nSPS) is 14.9. The van der Waals surface area contributed by atoms with Crippen molar-refractivity contribution in [1.82, 2.24) is 19.9 Å². The number of Topliss-reactive ketones (excluding diaryl/α,β-unsaturated/α-hetero) is 2. The Hall–Kier alpha value is -6.29. The van der Waals surface area contributed by atoms with Gasteiger partial charge in [-0.05, 0) is 72.7 Å². The number of anilines is 6. The number of carbonyl (C=O) groups excluding carboxylic acids is 4. The first-order valence-electron chi connectivity index (χ1n) is 16.2. The summed E-state index contributed by atoms with van der Waals surface area (Å²) in [6, 6.07) is 16.4. The summed E-state index contributed by atoms with van der Waals surface area (Å²) in [6.07, 6.45) is -4.11. The van der Waals surface area contributed by atoms with Gasteiger partial charge in [0.25, 0.3) is 0 Å². The second-order valence-corrected chi connectivity index (χ2v) is 12.6. The number of pyridine rings is 1. The summed E-state index contributed by atoms with van der Waals surface area (Å²) in [5, 5.41) is 22.0. The molecule has 2 aromatic heterocycles. The van der Waals surface area contributed by atoms with Crippen LogP contribution in [-0.4, -0.2) is 68.8 Å². The number of aryl methyl sites for hydroxylation is 2. The molecule has 3 amide bonds. The number of para-hydroxylation sites is 1. The molecule has 13 nitrogen and oxygen atoms in total. The van der Waals surface area contributed by atoms with E-state index in [2.05, 4.69) is 42.3 Å². The Bertz CT molecular complexity index is 2140. The van der Waals surface area contributed by atoms with E-state index in [4.69, 9.17) is 11.6 Å². The molecule has 1 saturated heterocycles. The summed E-state index contributed by atoms with van der Waals surface area (Å²) >= 11 is 6.37. The molecule has 0 unspecified atom stereocenters. The van der Waals surface area contributed by atoms with Crippen molar-refractivity contribution >= 4 is 69.6 Å². The Morgan fingerprint density at radius 3 is 2.33 bits per heavy atom. The average molecular weight is 788 g/mol. The van der Waals surface area contributed by atoms with Gasteiger partial charge in [-0.15, -0.1) is 0 Å². The zero-order chi connectivity index (χ0) is 39.9. The van der Waals surface area contributed by atoms with Crippen LogP contribution in [0.5, 0.6) is 0 Å². The molecule has 2 aliphatic heterocycles. The molecule has 6 rings (SSSR count). The van der Waals surface area contributed by atoms with Gasteiger partial charge in [0, 0.05) is 37.1 Å². The van der Waals surface area contributed by atoms with Crippen molar-refractivity contribution in [2.24, 2.45) is 5.92 Å². The van der Waals surface area contributed by atoms with Crippen LogP contribution in [0.25, 0.3) is 0 Å². The van der Waals surface area contributed by atoms with E-state index < -0.39 is 23.9 Å². The summed E-state index contributed by atoms with van der Waals surface area (Å²) in [5.41, 5.74) is 5.12. The van der Waals surface area contributed by atoms with Gasteiger partial charge in [0.05, 0.1) is 29.3 Å². The van der Waals surface area contributed by atoms with Crippen LogP contribution in [0.4, 0.5) is 65.7 Å². The molecule has 4 aromatic rings. The number of benzene rings is 2. The number of ketones is 2. The Kier molecular flexibility index (Phi) is 12.2. The van der Waals surface area contributed by atoms with Crippen molar-refractivity contribution in [3.05, 3.63) is 88.8 Å². The molecule has 6 bridgehead atoms. The molecule has 0 saturated carbocycles. The van der Waals surface area contributed by atoms with Gasteiger partial charge in [0.15, 0.2) is 5.82 Å². The Morgan fingerprint density at radius 2 is 1.62 bits per heavy atom. The highest BCUT2D eigenvalue weighted by molar-refractivity contribution is 6.41. The minimum atomic E-state index is -5.77. The van der Waals surface area contributed by atoms with Gasteiger partial charge in [0.1, 0.15) is 11.1 Å². The maximum atomic E-state index is 13.2. The highest BCUT2D eigenvalue weighted by Crippen LogP contribution is 2.30. The highest BCUT2D eigenvalue weighted by atomic mass is 35.5. The van der Waals surface area contributed by atoms with Crippen LogP contribution in [0.3, 0.4) is 0 Å². The number of likely N-dealkylation sites (tertiary alicyclic amines) is 1. The molecule has 55 heavy (non-hydrogen) atoms. The number of hydrogen-bond acceptors (Lipinski definition) is 10. The largest absolute Gasteiger partial charge is 0.458 e. The highest BCUT2D eigenvalue weighted by Gasteiger charge is 2.54. The third kappa shape index (κ3) is 10.7. The van der Waals surface area contributed by atoms with Crippen molar-refractivity contribution in [1.29, 1.82) is 5.26 Å². The lowest BCUT2D eigenvalue weighted by atomic mass is 10.0. The van der Waals surface area contributed by atoms with Gasteiger partial charge in [-0.25, -0.2) is 9.78 Å². The number of nitriles is 1. The first-order valence-corrected chi connectivity index (χ1v) is 16.6. The number of alkyl halides is 6. The quantitative estimate of drug-likeness (QED) is 0.120. The molecule has 2 aliphatic rings. The molecule has 0 aliphatic carbocycles. The second kappa shape index (κ2) is 16.8. The fraction of sp³-hybridized carbons (Fsp3) is 0.257. The van der Waals surface area contributed by atoms with Crippen LogP contribution < -0.4 is 21.3 Å². The van der Waals surface area contributed by atoms with E-state index in [0.29, 0.717) is 54.0 Å². The summed E-state index contributed by atoms with van der Waals surface area (Å²) in [5.74, 6) is -6.05. The predicted octanol–water partition coefficient (Wildman–Crippen LogP) is 7.11. The number of hydrogen-bond donors (Lipinski definition) is 4. The summed E-state index contributed by atoms with van der Waals surface area (Å²) in [7, 11) is 0. The van der Waals surface area contributed by atoms with Crippen molar-refractivity contribution < 1.29 is 45.5 Å². The molecule has 0 radical (unpaired) electrons. The van der Waals surface area contributed by atoms with E-state index in [0.717, 1.165) is 34.6 Å². The number of aromatic nitrogens is 3. The Morgan fingerprint density at radius 1 is 0.891 bits per heavy atom. The van der Waals surface area contributed by atoms with E-state index >= 15 is 0 Å². The van der Waals surface area contributed by atoms with Gasteiger partial charge in [-0.1, -0.05) is 23.7 Å². The van der Waals surface area contributed by atoms with Crippen LogP contribution in [0, 0.1) is 17.2 Å². The number of fused-ring (bicyclic) bond motifs is 6. The van der Waals surface area contributed by atoms with Gasteiger partial charge >= 0.3 is 30.0 Å². The number of amides is 3. The Labute approximate surface area is 313 Å². The van der Waals surface area contributed by atoms with Crippen molar-refractivity contribution in [3.63, 3.8) is 0 Å². The zero-order valence-electron chi connectivity index (χ0n) is 28.2. The first-order chi connectivity index (χ1) is 26.0. The van der Waals surface area contributed by atoms with Crippen LogP contribution in [0.2, 0.25) is 5.02 Å². The molecule has 20 heteroatoms. The number of nitrogens with one attached hydrogen (secondary N) is 4. The third-order valence-electron chi connectivity index (χ3n) is 8.18. The van der Waals surface area contributed by atoms with E-state index in [9.17, 15) is 50.8 Å². The molecule has 2 aromatic carbocycles. The van der Waals surface area contributed by atoms with Gasteiger partial charge in [-0.3, -0.25) is 19.4 Å². The SMILES string of the molecule is N#Cc1ccccc1NC(=O)N1CC[C@H](CC(=O)Nc2ccc3cc2CCc2cncc(c2)Nc2ncc(Cl)c(n2)N3)C1.O=C(C(=O)C(F)(F)F)C(F)(F)F. The maximum absolute atomic E-state index is 13.2. The van der Waals surface area contributed by atoms with E-state index in [1.54, 1.807) is 35.4 Å². The minimum Gasteiger partial charge on any atom is -0.339 e. The van der Waals surface area contributed by atoms with E-state index in [-0.39, 0.29) is 24.3 Å². The predicted molar refractivity (Wildman–Crippen MR) is 187 cm³/mol. The lowest BCUT2D eigenvalue weighted by Gasteiger charge is -2.18. The minimum absolute atomic E-state index is 0.0263. The van der Waals surface area contributed by atoms with Gasteiger partial charge in [-0.2, -0.15) is 36.6 Å². The molecular formula is C35H28ClF6N9O4. The Balaban J connectivity index is 0.000000418. The van der Waals surface area contributed by atoms with Crippen LogP contribution in [0.1, 0.15) is 29.5 Å². The number of halogens is 7. The van der Waals surface area contributed by atoms with Crippen LogP contribution in [0.15, 0.2) is 67.1 Å². The standard InChI is InChI=1S/C31H28ClN9O2.C4F6O2/c32-25-17-35-30-37-24-11-19(15-34-16-24)5-6-21-13-23(36-29(25)40-30)7-8-27(21)38-28(42)12-20-9-10-41(18-20)31(43)39-26-4-2-1-3-22(26)14-33;5-3(6,7)1(11)2(12)4(8,9)10/h1-4,7-8,11,13,15-17,20H,5-6,9-10,12,18H2,(H,38,42)(H,39,43)(H2,35,36,37,40);/t20-;/m1./s1. The fourth-order valence-electron chi connectivity index (χ4n) is 5.54. The number of nitrogens with zero attached hydrogens (tertiary/aromatic N) is 5. The summed E-state index contributed by atoms with van der Waals surface area (Å²) in [4.78, 5) is 60.1. The van der Waals surface area contributed by atoms with Gasteiger partial charge < -0.3 is 26.2 Å².